The molecule has 3 rings (SSSR count). The molecule has 7 nitrogen and oxygen atoms in total. The van der Waals surface area contributed by atoms with Gasteiger partial charge in [-0.05, 0) is 73.0 Å². The van der Waals surface area contributed by atoms with Gasteiger partial charge < -0.3 is 15.5 Å². The molecule has 1 aromatic heterocycles. The maximum Gasteiger partial charge on any atom is 0.229 e. The summed E-state index contributed by atoms with van der Waals surface area (Å²) in [6.07, 6.45) is 5.02. The molecule has 2 aromatic carbocycles. The highest BCUT2D eigenvalue weighted by Gasteiger charge is 2.13. The first-order valence-electron chi connectivity index (χ1n) is 9.67. The Morgan fingerprint density at radius 3 is 2.26 bits per heavy atom. The summed E-state index contributed by atoms with van der Waals surface area (Å²) >= 11 is 0. The second-order valence-corrected chi connectivity index (χ2v) is 7.25. The fourth-order valence-electron chi connectivity index (χ4n) is 3.15. The minimum Gasteiger partial charge on any atom is -0.373 e. The van der Waals surface area contributed by atoms with Crippen molar-refractivity contribution in [2.24, 2.45) is 0 Å². The van der Waals surface area contributed by atoms with E-state index in [0.717, 1.165) is 33.8 Å². The molecule has 0 bridgehead atoms. The Kier molecular flexibility index (Phi) is 6.49. The van der Waals surface area contributed by atoms with E-state index in [4.69, 9.17) is 10.5 Å². The molecule has 2 N–H and O–H groups in total. The molecular formula is C24H23N7. The van der Waals surface area contributed by atoms with Crippen LogP contribution in [-0.4, -0.2) is 24.1 Å². The molecule has 3 aromatic rings. The van der Waals surface area contributed by atoms with Gasteiger partial charge in [-0.25, -0.2) is 4.98 Å². The molecule has 7 heteroatoms. The number of nitriles is 2. The topological polar surface area (TPSA) is 101 Å². The van der Waals surface area contributed by atoms with Gasteiger partial charge in [-0.3, -0.25) is 0 Å². The summed E-state index contributed by atoms with van der Waals surface area (Å²) < 4.78 is 0. The molecule has 154 valence electrons. The monoisotopic (exact) mass is 409 g/mol. The molecule has 0 aliphatic heterocycles. The first kappa shape index (κ1) is 21.4. The van der Waals surface area contributed by atoms with E-state index in [-0.39, 0.29) is 0 Å². The zero-order chi connectivity index (χ0) is 22.4. The van der Waals surface area contributed by atoms with Crippen molar-refractivity contribution in [3.63, 3.8) is 0 Å². The van der Waals surface area contributed by atoms with E-state index < -0.39 is 0 Å². The normalized spacial score (nSPS) is 10.4. The number of hydrogen-bond acceptors (Lipinski definition) is 7. The van der Waals surface area contributed by atoms with Gasteiger partial charge >= 0.3 is 0 Å². The van der Waals surface area contributed by atoms with Crippen molar-refractivity contribution in [3.05, 3.63) is 70.9 Å². The summed E-state index contributed by atoms with van der Waals surface area (Å²) in [5.74, 6) is 1.12. The van der Waals surface area contributed by atoms with Crippen LogP contribution in [0.15, 0.2) is 48.7 Å². The molecule has 0 aliphatic rings. The van der Waals surface area contributed by atoms with Crippen molar-refractivity contribution in [3.8, 4) is 12.1 Å². The molecule has 0 amide bonds. The van der Waals surface area contributed by atoms with Crippen molar-refractivity contribution in [2.75, 3.05) is 29.6 Å². The third-order valence-corrected chi connectivity index (χ3v) is 4.67. The van der Waals surface area contributed by atoms with Crippen molar-refractivity contribution in [1.82, 2.24) is 9.97 Å². The molecule has 0 atom stereocenters. The molecule has 31 heavy (non-hydrogen) atoms. The summed E-state index contributed by atoms with van der Waals surface area (Å²) in [4.78, 5) is 11.1. The van der Waals surface area contributed by atoms with Gasteiger partial charge in [-0.15, -0.1) is 0 Å². The zero-order valence-electron chi connectivity index (χ0n) is 17.9. The van der Waals surface area contributed by atoms with E-state index >= 15 is 0 Å². The fraction of sp³-hybridized carbons (Fsp3) is 0.167. The van der Waals surface area contributed by atoms with Crippen LogP contribution in [0.4, 0.5) is 28.8 Å². The van der Waals surface area contributed by atoms with E-state index in [1.807, 2.05) is 63.2 Å². The lowest BCUT2D eigenvalue weighted by Gasteiger charge is -2.20. The highest BCUT2D eigenvalue weighted by Crippen LogP contribution is 2.31. The van der Waals surface area contributed by atoms with Crippen LogP contribution in [0.25, 0.3) is 6.08 Å². The summed E-state index contributed by atoms with van der Waals surface area (Å²) in [7, 11) is 3.88. The number of nitrogens with zero attached hydrogens (tertiary/aromatic N) is 5. The summed E-state index contributed by atoms with van der Waals surface area (Å²) in [5.41, 5.74) is 6.25. The summed E-state index contributed by atoms with van der Waals surface area (Å²) in [6.45, 7) is 4.04. The van der Waals surface area contributed by atoms with Gasteiger partial charge in [-0.1, -0.05) is 0 Å². The average Bonchev–Trinajstić information content (AvgIpc) is 2.75. The zero-order valence-corrected chi connectivity index (χ0v) is 17.9. The maximum atomic E-state index is 8.96. The smallest absolute Gasteiger partial charge is 0.229 e. The van der Waals surface area contributed by atoms with E-state index in [2.05, 4.69) is 26.7 Å². The second kappa shape index (κ2) is 9.43. The van der Waals surface area contributed by atoms with Crippen LogP contribution in [0, 0.1) is 36.5 Å². The first-order valence-corrected chi connectivity index (χ1v) is 9.67. The second-order valence-electron chi connectivity index (χ2n) is 7.25. The number of aromatic nitrogens is 2. The quantitative estimate of drug-likeness (QED) is 0.549. The molecule has 0 saturated carbocycles. The number of benzene rings is 2. The van der Waals surface area contributed by atoms with Crippen molar-refractivity contribution < 1.29 is 0 Å². The number of anilines is 5. The standard InChI is InChI=1S/C24H23N7/c1-16-12-19(6-5-11-25)13-17(2)22(16)29-23-21(31(3)4)15-27-24(30-23)28-20-9-7-18(14-26)8-10-20/h5-10,12-13,15H,1-4H3,(H2,27,28,29,30). The van der Waals surface area contributed by atoms with Crippen LogP contribution < -0.4 is 15.5 Å². The predicted octanol–water partition coefficient (Wildman–Crippen LogP) is 5.06. The van der Waals surface area contributed by atoms with Crippen molar-refractivity contribution >= 4 is 34.9 Å². The van der Waals surface area contributed by atoms with E-state index in [0.29, 0.717) is 17.3 Å². The number of aryl methyl sites for hydroxylation is 2. The summed E-state index contributed by atoms with van der Waals surface area (Å²) in [5, 5.41) is 24.4. The lowest BCUT2D eigenvalue weighted by Crippen LogP contribution is -2.14. The molecule has 1 heterocycles. The van der Waals surface area contributed by atoms with Gasteiger partial charge in [0.1, 0.15) is 0 Å². The van der Waals surface area contributed by atoms with Gasteiger partial charge in [0.2, 0.25) is 5.95 Å². The van der Waals surface area contributed by atoms with Crippen LogP contribution in [0.5, 0.6) is 0 Å². The number of allylic oxidation sites excluding steroid dienone is 1. The largest absolute Gasteiger partial charge is 0.373 e. The Hall–Kier alpha value is -4.36. The Bertz CT molecular complexity index is 1170. The van der Waals surface area contributed by atoms with Gasteiger partial charge in [-0.2, -0.15) is 15.5 Å². The van der Waals surface area contributed by atoms with Crippen LogP contribution in [0.2, 0.25) is 0 Å². The van der Waals surface area contributed by atoms with Crippen LogP contribution >= 0.6 is 0 Å². The third-order valence-electron chi connectivity index (χ3n) is 4.67. The minimum atomic E-state index is 0.446. The Morgan fingerprint density at radius 2 is 1.68 bits per heavy atom. The lowest BCUT2D eigenvalue weighted by molar-refractivity contribution is 1.07. The molecule has 0 spiro atoms. The van der Waals surface area contributed by atoms with E-state index in [1.165, 1.54) is 6.08 Å². The van der Waals surface area contributed by atoms with E-state index in [1.54, 1.807) is 24.4 Å². The van der Waals surface area contributed by atoms with E-state index in [9.17, 15) is 0 Å². The highest BCUT2D eigenvalue weighted by molar-refractivity contribution is 5.76. The molecule has 0 aliphatic carbocycles. The highest BCUT2D eigenvalue weighted by atomic mass is 15.2. The van der Waals surface area contributed by atoms with Gasteiger partial charge in [0, 0.05) is 31.5 Å². The predicted molar refractivity (Wildman–Crippen MR) is 125 cm³/mol. The van der Waals surface area contributed by atoms with Crippen molar-refractivity contribution in [2.45, 2.75) is 13.8 Å². The van der Waals surface area contributed by atoms with Gasteiger partial charge in [0.15, 0.2) is 5.82 Å². The Labute approximate surface area is 182 Å². The fourth-order valence-corrected chi connectivity index (χ4v) is 3.15. The molecule has 0 radical (unpaired) electrons. The van der Waals surface area contributed by atoms with Gasteiger partial charge in [0.25, 0.3) is 0 Å². The number of nitrogens with one attached hydrogen (secondary N) is 2. The summed E-state index contributed by atoms with van der Waals surface area (Å²) in [6, 6.07) is 15.3. The van der Waals surface area contributed by atoms with Crippen LogP contribution in [0.3, 0.4) is 0 Å². The molecular weight excluding hydrogens is 386 g/mol. The average molecular weight is 409 g/mol. The Morgan fingerprint density at radius 1 is 1.00 bits per heavy atom. The third kappa shape index (κ3) is 5.17. The SMILES string of the molecule is Cc1cc(C=CC#N)cc(C)c1Nc1nc(Nc2ccc(C#N)cc2)ncc1N(C)C. The van der Waals surface area contributed by atoms with Crippen LogP contribution in [-0.2, 0) is 0 Å². The number of hydrogen-bond donors (Lipinski definition) is 2. The minimum absolute atomic E-state index is 0.446. The van der Waals surface area contributed by atoms with Crippen molar-refractivity contribution in [1.29, 1.82) is 10.5 Å². The Balaban J connectivity index is 1.94. The molecule has 0 saturated heterocycles. The van der Waals surface area contributed by atoms with Gasteiger partial charge in [0.05, 0.1) is 29.6 Å². The maximum absolute atomic E-state index is 8.96. The van der Waals surface area contributed by atoms with Crippen LogP contribution in [0.1, 0.15) is 22.3 Å². The number of rotatable bonds is 6. The first-order chi connectivity index (χ1) is 14.9. The molecule has 0 unspecified atom stereocenters. The molecule has 0 fully saturated rings. The lowest BCUT2D eigenvalue weighted by atomic mass is 10.0.